The van der Waals surface area contributed by atoms with E-state index in [9.17, 15) is 9.59 Å². The largest absolute Gasteiger partial charge is 0.375 e. The van der Waals surface area contributed by atoms with Gasteiger partial charge in [0.05, 0.1) is 24.5 Å². The van der Waals surface area contributed by atoms with Gasteiger partial charge < -0.3 is 14.5 Å². The smallest absolute Gasteiger partial charge is 0.249 e. The van der Waals surface area contributed by atoms with Gasteiger partial charge in [0.2, 0.25) is 11.8 Å². The number of aryl methyl sites for hydroxylation is 1. The Balaban J connectivity index is 1.76. The molecule has 2 amide bonds. The molecule has 0 aromatic carbocycles. The minimum Gasteiger partial charge on any atom is -0.375 e. The zero-order valence-electron chi connectivity index (χ0n) is 12.5. The van der Waals surface area contributed by atoms with Crippen LogP contribution in [0.3, 0.4) is 0 Å². The van der Waals surface area contributed by atoms with Gasteiger partial charge >= 0.3 is 0 Å². The molecule has 0 N–H and O–H groups in total. The molecule has 114 valence electrons. The van der Waals surface area contributed by atoms with Crippen LogP contribution in [0.2, 0.25) is 0 Å². The Hall–Kier alpha value is -1.89. The van der Waals surface area contributed by atoms with Crippen LogP contribution in [0, 0.1) is 0 Å². The van der Waals surface area contributed by atoms with Crippen LogP contribution < -0.4 is 0 Å². The number of carbonyl (C=O) groups is 2. The van der Waals surface area contributed by atoms with E-state index >= 15 is 0 Å². The number of methoxy groups -OCH3 is 1. The highest BCUT2D eigenvalue weighted by atomic mass is 16.5. The van der Waals surface area contributed by atoms with Crippen molar-refractivity contribution in [2.75, 3.05) is 20.3 Å². The Kier molecular flexibility index (Phi) is 3.67. The summed E-state index contributed by atoms with van der Waals surface area (Å²) in [5, 5.41) is 4.52. The highest BCUT2D eigenvalue weighted by molar-refractivity contribution is 5.79. The first-order valence-corrected chi connectivity index (χ1v) is 7.18. The summed E-state index contributed by atoms with van der Waals surface area (Å²) in [6.45, 7) is 2.57. The van der Waals surface area contributed by atoms with E-state index in [-0.39, 0.29) is 18.4 Å². The van der Waals surface area contributed by atoms with Crippen LogP contribution in [0.25, 0.3) is 0 Å². The van der Waals surface area contributed by atoms with Crippen molar-refractivity contribution >= 4 is 11.8 Å². The molecule has 3 rings (SSSR count). The first-order valence-electron chi connectivity index (χ1n) is 7.18. The van der Waals surface area contributed by atoms with Crippen molar-refractivity contribution in [3.8, 4) is 0 Å². The minimum absolute atomic E-state index is 0.0168. The SMILES string of the molecule is COCC(=O)N1Cc2c(CN3CCCC3=O)nn(C)c2C1. The number of fused-ring (bicyclic) bond motifs is 1. The first kappa shape index (κ1) is 14.1. The average molecular weight is 292 g/mol. The van der Waals surface area contributed by atoms with Crippen LogP contribution in [-0.2, 0) is 41.0 Å². The van der Waals surface area contributed by atoms with Gasteiger partial charge in [0.1, 0.15) is 6.61 Å². The van der Waals surface area contributed by atoms with Crippen LogP contribution >= 0.6 is 0 Å². The number of hydrogen-bond donors (Lipinski definition) is 0. The summed E-state index contributed by atoms with van der Waals surface area (Å²) in [5.41, 5.74) is 3.05. The van der Waals surface area contributed by atoms with Gasteiger partial charge in [0.25, 0.3) is 0 Å². The Morgan fingerprint density at radius 3 is 2.86 bits per heavy atom. The topological polar surface area (TPSA) is 67.7 Å². The van der Waals surface area contributed by atoms with Gasteiger partial charge in [-0.15, -0.1) is 0 Å². The number of likely N-dealkylation sites (tertiary alicyclic amines) is 1. The lowest BCUT2D eigenvalue weighted by molar-refractivity contribution is -0.135. The first-order chi connectivity index (χ1) is 10.1. The number of aromatic nitrogens is 2. The lowest BCUT2D eigenvalue weighted by Gasteiger charge is -2.17. The quantitative estimate of drug-likeness (QED) is 0.785. The van der Waals surface area contributed by atoms with Crippen LogP contribution in [0.4, 0.5) is 0 Å². The lowest BCUT2D eigenvalue weighted by Crippen LogP contribution is -2.30. The Labute approximate surface area is 123 Å². The molecule has 1 saturated heterocycles. The maximum atomic E-state index is 11.9. The zero-order valence-corrected chi connectivity index (χ0v) is 12.5. The fourth-order valence-corrected chi connectivity index (χ4v) is 3.04. The number of nitrogens with zero attached hydrogens (tertiary/aromatic N) is 4. The molecule has 0 atom stereocenters. The molecule has 0 radical (unpaired) electrons. The molecule has 0 spiro atoms. The second kappa shape index (κ2) is 5.48. The standard InChI is InChI=1S/C14H20N4O3/c1-16-12-8-18(14(20)9-21-2)6-10(12)11(15-16)7-17-5-3-4-13(17)19/h3-9H2,1-2H3. The molecule has 7 nitrogen and oxygen atoms in total. The van der Waals surface area contributed by atoms with Crippen molar-refractivity contribution < 1.29 is 14.3 Å². The van der Waals surface area contributed by atoms with Crippen molar-refractivity contribution in [1.82, 2.24) is 19.6 Å². The van der Waals surface area contributed by atoms with E-state index in [1.54, 1.807) is 4.90 Å². The van der Waals surface area contributed by atoms with E-state index in [0.717, 1.165) is 29.9 Å². The molecule has 0 bridgehead atoms. The molecule has 21 heavy (non-hydrogen) atoms. The summed E-state index contributed by atoms with van der Waals surface area (Å²) in [7, 11) is 3.41. The van der Waals surface area contributed by atoms with Crippen molar-refractivity contribution in [2.45, 2.75) is 32.5 Å². The third-order valence-corrected chi connectivity index (χ3v) is 4.18. The Morgan fingerprint density at radius 1 is 1.38 bits per heavy atom. The van der Waals surface area contributed by atoms with Crippen LogP contribution in [0.15, 0.2) is 0 Å². The number of amides is 2. The monoisotopic (exact) mass is 292 g/mol. The Bertz CT molecular complexity index is 581. The van der Waals surface area contributed by atoms with E-state index in [4.69, 9.17) is 4.74 Å². The number of hydrogen-bond acceptors (Lipinski definition) is 4. The molecule has 7 heteroatoms. The number of carbonyl (C=O) groups excluding carboxylic acids is 2. The third kappa shape index (κ3) is 2.53. The molecule has 0 aliphatic carbocycles. The second-order valence-electron chi connectivity index (χ2n) is 5.60. The van der Waals surface area contributed by atoms with E-state index in [1.165, 1.54) is 7.11 Å². The molecule has 1 aromatic rings. The van der Waals surface area contributed by atoms with Gasteiger partial charge in [-0.3, -0.25) is 14.3 Å². The zero-order chi connectivity index (χ0) is 15.0. The number of ether oxygens (including phenoxy) is 1. The fourth-order valence-electron chi connectivity index (χ4n) is 3.04. The summed E-state index contributed by atoms with van der Waals surface area (Å²) in [6, 6.07) is 0. The van der Waals surface area contributed by atoms with E-state index in [2.05, 4.69) is 5.10 Å². The van der Waals surface area contributed by atoms with Gasteiger partial charge in [-0.25, -0.2) is 0 Å². The lowest BCUT2D eigenvalue weighted by atomic mass is 10.2. The van der Waals surface area contributed by atoms with E-state index in [0.29, 0.717) is 26.1 Å². The predicted molar refractivity (Wildman–Crippen MR) is 74.0 cm³/mol. The normalized spacial score (nSPS) is 17.7. The van der Waals surface area contributed by atoms with Crippen LogP contribution in [0.1, 0.15) is 29.8 Å². The van der Waals surface area contributed by atoms with Gasteiger partial charge in [0, 0.05) is 39.2 Å². The molecule has 3 heterocycles. The van der Waals surface area contributed by atoms with E-state index in [1.807, 2.05) is 16.6 Å². The number of rotatable bonds is 4. The molecular formula is C14H20N4O3. The second-order valence-corrected chi connectivity index (χ2v) is 5.60. The summed E-state index contributed by atoms with van der Waals surface area (Å²) in [5.74, 6) is 0.177. The van der Waals surface area contributed by atoms with Gasteiger partial charge in [-0.2, -0.15) is 5.10 Å². The van der Waals surface area contributed by atoms with Crippen molar-refractivity contribution in [3.05, 3.63) is 17.0 Å². The predicted octanol–water partition coefficient (Wildman–Crippen LogP) is 0.0311. The highest BCUT2D eigenvalue weighted by Gasteiger charge is 2.31. The maximum absolute atomic E-state index is 11.9. The fraction of sp³-hybridized carbons (Fsp3) is 0.643. The summed E-state index contributed by atoms with van der Waals surface area (Å²) >= 11 is 0. The highest BCUT2D eigenvalue weighted by Crippen LogP contribution is 2.27. The van der Waals surface area contributed by atoms with Gasteiger partial charge in [-0.1, -0.05) is 0 Å². The molecule has 2 aliphatic heterocycles. The molecule has 0 unspecified atom stereocenters. The van der Waals surface area contributed by atoms with Gasteiger partial charge in [-0.05, 0) is 6.42 Å². The van der Waals surface area contributed by atoms with Crippen molar-refractivity contribution in [2.24, 2.45) is 7.05 Å². The maximum Gasteiger partial charge on any atom is 0.249 e. The van der Waals surface area contributed by atoms with Crippen molar-refractivity contribution in [3.63, 3.8) is 0 Å². The third-order valence-electron chi connectivity index (χ3n) is 4.18. The molecule has 0 saturated carbocycles. The minimum atomic E-state index is -0.0168. The molecular weight excluding hydrogens is 272 g/mol. The average Bonchev–Trinajstić information content (AvgIpc) is 3.10. The summed E-state index contributed by atoms with van der Waals surface area (Å²) in [4.78, 5) is 27.3. The van der Waals surface area contributed by atoms with E-state index < -0.39 is 0 Å². The van der Waals surface area contributed by atoms with Crippen LogP contribution in [0.5, 0.6) is 0 Å². The molecule has 1 aromatic heterocycles. The summed E-state index contributed by atoms with van der Waals surface area (Å²) < 4.78 is 6.73. The summed E-state index contributed by atoms with van der Waals surface area (Å²) in [6.07, 6.45) is 1.56. The van der Waals surface area contributed by atoms with Crippen molar-refractivity contribution in [1.29, 1.82) is 0 Å². The van der Waals surface area contributed by atoms with Crippen LogP contribution in [-0.4, -0.2) is 51.7 Å². The Morgan fingerprint density at radius 2 is 2.19 bits per heavy atom. The molecule has 2 aliphatic rings. The molecule has 1 fully saturated rings. The van der Waals surface area contributed by atoms with Gasteiger partial charge in [0.15, 0.2) is 0 Å².